The summed E-state index contributed by atoms with van der Waals surface area (Å²) in [6, 6.07) is 8.05. The molecule has 1 saturated heterocycles. The summed E-state index contributed by atoms with van der Waals surface area (Å²) in [5.74, 6) is 0.860. The average molecular weight is 310 g/mol. The molecule has 2 aliphatic rings. The maximum Gasteiger partial charge on any atom is 0.217 e. The van der Waals surface area contributed by atoms with E-state index in [0.717, 1.165) is 38.2 Å². The molecule has 1 aromatic carbocycles. The van der Waals surface area contributed by atoms with Crippen LogP contribution in [0.5, 0.6) is 5.75 Å². The largest absolute Gasteiger partial charge is 0.497 e. The van der Waals surface area contributed by atoms with Crippen LogP contribution in [0.15, 0.2) is 24.3 Å². The predicted octanol–water partition coefficient (Wildman–Crippen LogP) is 1.30. The average Bonchev–Trinajstić information content (AvgIpc) is 3.34. The van der Waals surface area contributed by atoms with E-state index in [0.29, 0.717) is 13.1 Å². The molecule has 0 atom stereocenters. The number of sulfonamides is 1. The zero-order chi connectivity index (χ0) is 14.9. The van der Waals surface area contributed by atoms with E-state index in [1.165, 1.54) is 5.56 Å². The minimum absolute atomic E-state index is 0.0920. The second kappa shape index (κ2) is 5.94. The summed E-state index contributed by atoms with van der Waals surface area (Å²) in [5, 5.41) is -0.0920. The van der Waals surface area contributed by atoms with E-state index in [1.54, 1.807) is 11.4 Å². The zero-order valence-electron chi connectivity index (χ0n) is 12.4. The number of benzene rings is 1. The fraction of sp³-hybridized carbons (Fsp3) is 0.600. The van der Waals surface area contributed by atoms with Crippen molar-refractivity contribution >= 4 is 10.0 Å². The monoisotopic (exact) mass is 310 g/mol. The van der Waals surface area contributed by atoms with Crippen LogP contribution >= 0.6 is 0 Å². The van der Waals surface area contributed by atoms with Crippen molar-refractivity contribution in [3.05, 3.63) is 29.8 Å². The van der Waals surface area contributed by atoms with Crippen LogP contribution < -0.4 is 4.74 Å². The minimum atomic E-state index is -3.00. The van der Waals surface area contributed by atoms with E-state index in [1.807, 2.05) is 12.1 Å². The number of piperazine rings is 1. The van der Waals surface area contributed by atoms with E-state index in [9.17, 15) is 8.42 Å². The fourth-order valence-corrected chi connectivity index (χ4v) is 4.53. The van der Waals surface area contributed by atoms with E-state index in [-0.39, 0.29) is 5.25 Å². The lowest BCUT2D eigenvalue weighted by molar-refractivity contribution is 0.181. The third-order valence-electron chi connectivity index (χ3n) is 4.20. The molecule has 1 aromatic rings. The third kappa shape index (κ3) is 3.39. The van der Waals surface area contributed by atoms with E-state index >= 15 is 0 Å². The van der Waals surface area contributed by atoms with Crippen molar-refractivity contribution in [3.63, 3.8) is 0 Å². The van der Waals surface area contributed by atoms with Crippen molar-refractivity contribution in [3.8, 4) is 5.75 Å². The highest BCUT2D eigenvalue weighted by atomic mass is 32.2. The first-order chi connectivity index (χ1) is 10.1. The Hall–Kier alpha value is -1.11. The van der Waals surface area contributed by atoms with Gasteiger partial charge in [0.15, 0.2) is 0 Å². The van der Waals surface area contributed by atoms with E-state index < -0.39 is 10.0 Å². The van der Waals surface area contributed by atoms with Crippen LogP contribution in [0.3, 0.4) is 0 Å². The van der Waals surface area contributed by atoms with Gasteiger partial charge < -0.3 is 4.74 Å². The summed E-state index contributed by atoms with van der Waals surface area (Å²) in [6.07, 6.45) is 1.68. The minimum Gasteiger partial charge on any atom is -0.497 e. The Bertz CT molecular complexity index is 573. The molecule has 0 radical (unpaired) electrons. The van der Waals surface area contributed by atoms with Crippen molar-refractivity contribution in [1.82, 2.24) is 9.21 Å². The second-order valence-corrected chi connectivity index (χ2v) is 7.98. The highest BCUT2D eigenvalue weighted by molar-refractivity contribution is 7.90. The second-order valence-electron chi connectivity index (χ2n) is 5.77. The molecule has 116 valence electrons. The molecule has 0 N–H and O–H groups in total. The molecule has 3 rings (SSSR count). The van der Waals surface area contributed by atoms with Gasteiger partial charge in [-0.3, -0.25) is 4.90 Å². The van der Waals surface area contributed by atoms with Gasteiger partial charge in [-0.25, -0.2) is 8.42 Å². The normalized spacial score (nSPS) is 21.4. The standard InChI is InChI=1S/C15H22N2O3S/c1-20-14-4-2-13(3-5-14)12-16-8-10-17(11-9-16)21(18,19)15-6-7-15/h2-5,15H,6-12H2,1H3. The first-order valence-corrected chi connectivity index (χ1v) is 8.94. The smallest absolute Gasteiger partial charge is 0.217 e. The third-order valence-corrected chi connectivity index (χ3v) is 6.60. The van der Waals surface area contributed by atoms with Crippen LogP contribution in [0.4, 0.5) is 0 Å². The molecular weight excluding hydrogens is 288 g/mol. The Balaban J connectivity index is 1.53. The highest BCUT2D eigenvalue weighted by Gasteiger charge is 2.40. The maximum atomic E-state index is 12.2. The molecule has 1 aliphatic heterocycles. The lowest BCUT2D eigenvalue weighted by Crippen LogP contribution is -2.49. The SMILES string of the molecule is COc1ccc(CN2CCN(S(=O)(=O)C3CC3)CC2)cc1. The Morgan fingerprint density at radius 2 is 1.71 bits per heavy atom. The van der Waals surface area contributed by atoms with Crippen LogP contribution in [-0.2, 0) is 16.6 Å². The quantitative estimate of drug-likeness (QED) is 0.823. The maximum absolute atomic E-state index is 12.2. The van der Waals surface area contributed by atoms with Gasteiger partial charge in [0.25, 0.3) is 0 Å². The topological polar surface area (TPSA) is 49.9 Å². The van der Waals surface area contributed by atoms with Crippen LogP contribution in [0.25, 0.3) is 0 Å². The van der Waals surface area contributed by atoms with Crippen LogP contribution in [0, 0.1) is 0 Å². The molecule has 21 heavy (non-hydrogen) atoms. The Kier molecular flexibility index (Phi) is 4.19. The molecule has 0 amide bonds. The molecule has 0 bridgehead atoms. The predicted molar refractivity (Wildman–Crippen MR) is 81.8 cm³/mol. The van der Waals surface area contributed by atoms with Gasteiger partial charge in [0.2, 0.25) is 10.0 Å². The first-order valence-electron chi connectivity index (χ1n) is 7.44. The number of hydrogen-bond acceptors (Lipinski definition) is 4. The van der Waals surface area contributed by atoms with Gasteiger partial charge in [-0.2, -0.15) is 4.31 Å². The fourth-order valence-electron chi connectivity index (χ4n) is 2.71. The number of hydrogen-bond donors (Lipinski definition) is 0. The molecule has 1 heterocycles. The Morgan fingerprint density at radius 1 is 1.10 bits per heavy atom. The molecule has 0 unspecified atom stereocenters. The molecule has 2 fully saturated rings. The molecular formula is C15H22N2O3S. The Morgan fingerprint density at radius 3 is 2.24 bits per heavy atom. The molecule has 1 saturated carbocycles. The Labute approximate surface area is 126 Å². The molecule has 0 aromatic heterocycles. The lowest BCUT2D eigenvalue weighted by Gasteiger charge is -2.34. The summed E-state index contributed by atoms with van der Waals surface area (Å²) in [7, 11) is -1.34. The molecule has 1 aliphatic carbocycles. The van der Waals surface area contributed by atoms with Gasteiger partial charge >= 0.3 is 0 Å². The van der Waals surface area contributed by atoms with Gasteiger partial charge in [-0.1, -0.05) is 12.1 Å². The number of rotatable bonds is 5. The van der Waals surface area contributed by atoms with Crippen molar-refractivity contribution in [2.75, 3.05) is 33.3 Å². The van der Waals surface area contributed by atoms with Gasteiger partial charge in [-0.05, 0) is 30.5 Å². The number of nitrogens with zero attached hydrogens (tertiary/aromatic N) is 2. The van der Waals surface area contributed by atoms with Crippen molar-refractivity contribution in [2.24, 2.45) is 0 Å². The number of methoxy groups -OCH3 is 1. The zero-order valence-corrected chi connectivity index (χ0v) is 13.2. The first kappa shape index (κ1) is 14.8. The van der Waals surface area contributed by atoms with Crippen LogP contribution in [-0.4, -0.2) is 56.2 Å². The van der Waals surface area contributed by atoms with Gasteiger partial charge in [0, 0.05) is 32.7 Å². The van der Waals surface area contributed by atoms with Crippen molar-refractivity contribution in [1.29, 1.82) is 0 Å². The highest BCUT2D eigenvalue weighted by Crippen LogP contribution is 2.31. The van der Waals surface area contributed by atoms with Crippen LogP contribution in [0.2, 0.25) is 0 Å². The van der Waals surface area contributed by atoms with E-state index in [2.05, 4.69) is 17.0 Å². The summed E-state index contributed by atoms with van der Waals surface area (Å²) in [6.45, 7) is 3.71. The molecule has 0 spiro atoms. The van der Waals surface area contributed by atoms with Gasteiger partial charge in [0.05, 0.1) is 12.4 Å². The summed E-state index contributed by atoms with van der Waals surface area (Å²) >= 11 is 0. The van der Waals surface area contributed by atoms with E-state index in [4.69, 9.17) is 4.74 Å². The molecule has 6 heteroatoms. The number of ether oxygens (including phenoxy) is 1. The lowest BCUT2D eigenvalue weighted by atomic mass is 10.2. The van der Waals surface area contributed by atoms with Crippen LogP contribution in [0.1, 0.15) is 18.4 Å². The molecule has 5 nitrogen and oxygen atoms in total. The van der Waals surface area contributed by atoms with Crippen molar-refractivity contribution in [2.45, 2.75) is 24.6 Å². The van der Waals surface area contributed by atoms with Gasteiger partial charge in [0.1, 0.15) is 5.75 Å². The van der Waals surface area contributed by atoms with Gasteiger partial charge in [-0.15, -0.1) is 0 Å². The summed E-state index contributed by atoms with van der Waals surface area (Å²) < 4.78 is 31.2. The summed E-state index contributed by atoms with van der Waals surface area (Å²) in [5.41, 5.74) is 1.23. The van der Waals surface area contributed by atoms with Crippen molar-refractivity contribution < 1.29 is 13.2 Å². The summed E-state index contributed by atoms with van der Waals surface area (Å²) in [4.78, 5) is 2.31.